The van der Waals surface area contributed by atoms with Crippen LogP contribution in [0.1, 0.15) is 19.3 Å². The minimum atomic E-state index is -0.630. The van der Waals surface area contributed by atoms with Crippen LogP contribution in [0.3, 0.4) is 0 Å². The molecule has 0 aliphatic carbocycles. The van der Waals surface area contributed by atoms with E-state index in [1.54, 1.807) is 0 Å². The van der Waals surface area contributed by atoms with E-state index in [2.05, 4.69) is 4.90 Å². The van der Waals surface area contributed by atoms with Gasteiger partial charge in [-0.2, -0.15) is 0 Å². The molecule has 0 amide bonds. The third-order valence-electron chi connectivity index (χ3n) is 2.83. The third kappa shape index (κ3) is 1.13. The molecule has 0 aromatic rings. The van der Waals surface area contributed by atoms with Crippen LogP contribution in [0.15, 0.2) is 0 Å². The molecule has 62 valence electrons. The number of nitrogens with zero attached hydrogens (tertiary/aromatic N) is 1. The molecule has 2 fully saturated rings. The van der Waals surface area contributed by atoms with Crippen molar-refractivity contribution >= 4 is 5.97 Å². The van der Waals surface area contributed by atoms with Gasteiger partial charge in [0, 0.05) is 6.54 Å². The Morgan fingerprint density at radius 3 is 3.00 bits per heavy atom. The van der Waals surface area contributed by atoms with Crippen LogP contribution in [0.4, 0.5) is 0 Å². The molecule has 1 unspecified atom stereocenters. The molecular formula is C8H13NO2. The number of hydrogen-bond acceptors (Lipinski definition) is 2. The molecule has 0 radical (unpaired) electrons. The second-order valence-corrected chi connectivity index (χ2v) is 3.59. The molecule has 3 atom stereocenters. The molecule has 2 bridgehead atoms. The summed E-state index contributed by atoms with van der Waals surface area (Å²) in [6.45, 7) is 2.02. The third-order valence-corrected chi connectivity index (χ3v) is 2.83. The summed E-state index contributed by atoms with van der Waals surface area (Å²) < 4.78 is 0. The first kappa shape index (κ1) is 7.10. The summed E-state index contributed by atoms with van der Waals surface area (Å²) in [6, 6.07) is -0.164. The Morgan fingerprint density at radius 1 is 1.55 bits per heavy atom. The lowest BCUT2D eigenvalue weighted by atomic mass is 10.00. The number of aliphatic carboxylic acids is 1. The zero-order chi connectivity index (χ0) is 7.84. The van der Waals surface area contributed by atoms with E-state index < -0.39 is 5.97 Å². The summed E-state index contributed by atoms with van der Waals surface area (Å²) in [5.74, 6) is 0.0410. The molecule has 0 saturated carbocycles. The zero-order valence-corrected chi connectivity index (χ0v) is 6.49. The van der Waals surface area contributed by atoms with E-state index in [9.17, 15) is 4.79 Å². The summed E-state index contributed by atoms with van der Waals surface area (Å²) >= 11 is 0. The van der Waals surface area contributed by atoms with Crippen molar-refractivity contribution in [1.82, 2.24) is 4.90 Å². The fourth-order valence-electron chi connectivity index (χ4n) is 2.29. The van der Waals surface area contributed by atoms with Crippen LogP contribution in [0.25, 0.3) is 0 Å². The van der Waals surface area contributed by atoms with Crippen molar-refractivity contribution in [3.8, 4) is 0 Å². The Hall–Kier alpha value is -0.570. The standard InChI is InChI=1S/C8H13NO2/c10-8(11)7-4-6-2-1-3-9(7)5-6/h6-7H,1-5H2,(H,10,11)/t6-,7+/m1/s1. The van der Waals surface area contributed by atoms with Gasteiger partial charge < -0.3 is 5.11 Å². The summed E-state index contributed by atoms with van der Waals surface area (Å²) in [4.78, 5) is 12.8. The fourth-order valence-corrected chi connectivity index (χ4v) is 2.29. The number of piperidine rings is 1. The number of fused-ring (bicyclic) bond motifs is 2. The smallest absolute Gasteiger partial charge is 0.320 e. The Kier molecular flexibility index (Phi) is 1.60. The van der Waals surface area contributed by atoms with Crippen LogP contribution < -0.4 is 0 Å². The quantitative estimate of drug-likeness (QED) is 0.601. The zero-order valence-electron chi connectivity index (χ0n) is 6.49. The lowest BCUT2D eigenvalue weighted by Crippen LogP contribution is -2.37. The van der Waals surface area contributed by atoms with Crippen LogP contribution in [-0.2, 0) is 4.79 Å². The molecule has 2 saturated heterocycles. The molecule has 3 heteroatoms. The SMILES string of the molecule is O=C(O)[C@@H]1C[C@H]2CCCN1C2. The van der Waals surface area contributed by atoms with Gasteiger partial charge >= 0.3 is 5.97 Å². The predicted octanol–water partition coefficient (Wildman–Crippen LogP) is 0.555. The van der Waals surface area contributed by atoms with Gasteiger partial charge in [-0.1, -0.05) is 0 Å². The largest absolute Gasteiger partial charge is 0.480 e. The van der Waals surface area contributed by atoms with E-state index in [1.807, 2.05) is 0 Å². The van der Waals surface area contributed by atoms with Crippen LogP contribution in [0.2, 0.25) is 0 Å². The highest BCUT2D eigenvalue weighted by atomic mass is 16.4. The maximum atomic E-state index is 10.7. The lowest BCUT2D eigenvalue weighted by molar-refractivity contribution is -0.142. The van der Waals surface area contributed by atoms with Gasteiger partial charge in [0.05, 0.1) is 0 Å². The number of carbonyl (C=O) groups is 1. The van der Waals surface area contributed by atoms with Gasteiger partial charge in [0.1, 0.15) is 6.04 Å². The Balaban J connectivity index is 2.08. The topological polar surface area (TPSA) is 40.5 Å². The molecule has 1 N–H and O–H groups in total. The number of hydrogen-bond donors (Lipinski definition) is 1. The molecule has 3 nitrogen and oxygen atoms in total. The fraction of sp³-hybridized carbons (Fsp3) is 0.875. The van der Waals surface area contributed by atoms with Crippen molar-refractivity contribution in [2.45, 2.75) is 25.3 Å². The lowest BCUT2D eigenvalue weighted by Gasteiger charge is -2.23. The van der Waals surface area contributed by atoms with Gasteiger partial charge in [0.15, 0.2) is 0 Å². The molecule has 0 spiro atoms. The van der Waals surface area contributed by atoms with Gasteiger partial charge in [0.25, 0.3) is 0 Å². The normalized spacial score (nSPS) is 42.4. The number of rotatable bonds is 1. The number of carboxylic acid groups (broad SMARTS) is 1. The van der Waals surface area contributed by atoms with Gasteiger partial charge in [-0.05, 0) is 31.7 Å². The average Bonchev–Trinajstić information content (AvgIpc) is 2.27. The first-order valence-electron chi connectivity index (χ1n) is 4.24. The second kappa shape index (κ2) is 2.48. The van der Waals surface area contributed by atoms with Gasteiger partial charge in [0.2, 0.25) is 0 Å². The van der Waals surface area contributed by atoms with E-state index in [-0.39, 0.29) is 6.04 Å². The van der Waals surface area contributed by atoms with Crippen molar-refractivity contribution in [3.63, 3.8) is 0 Å². The van der Waals surface area contributed by atoms with Gasteiger partial charge in [-0.15, -0.1) is 0 Å². The molecule has 0 aromatic carbocycles. The van der Waals surface area contributed by atoms with Gasteiger partial charge in [-0.25, -0.2) is 0 Å². The highest BCUT2D eigenvalue weighted by Gasteiger charge is 2.38. The van der Waals surface area contributed by atoms with E-state index >= 15 is 0 Å². The minimum absolute atomic E-state index is 0.164. The molecular weight excluding hydrogens is 142 g/mol. The first-order valence-corrected chi connectivity index (χ1v) is 4.24. The van der Waals surface area contributed by atoms with E-state index in [4.69, 9.17) is 5.11 Å². The molecule has 2 aliphatic heterocycles. The van der Waals surface area contributed by atoms with Crippen molar-refractivity contribution in [1.29, 1.82) is 0 Å². The maximum absolute atomic E-state index is 10.7. The van der Waals surface area contributed by atoms with Crippen LogP contribution in [-0.4, -0.2) is 35.1 Å². The van der Waals surface area contributed by atoms with Crippen molar-refractivity contribution in [2.24, 2.45) is 5.92 Å². The van der Waals surface area contributed by atoms with Crippen molar-refractivity contribution < 1.29 is 9.90 Å². The Labute approximate surface area is 66.0 Å². The molecule has 2 rings (SSSR count). The minimum Gasteiger partial charge on any atom is -0.480 e. The van der Waals surface area contributed by atoms with Crippen molar-refractivity contribution in [2.75, 3.05) is 13.1 Å². The summed E-state index contributed by atoms with van der Waals surface area (Å²) in [7, 11) is 0. The Morgan fingerprint density at radius 2 is 2.36 bits per heavy atom. The predicted molar refractivity (Wildman–Crippen MR) is 40.3 cm³/mol. The first-order chi connectivity index (χ1) is 5.27. The second-order valence-electron chi connectivity index (χ2n) is 3.59. The van der Waals surface area contributed by atoms with Crippen LogP contribution in [0, 0.1) is 5.92 Å². The summed E-state index contributed by atoms with van der Waals surface area (Å²) in [5, 5.41) is 8.82. The highest BCUT2D eigenvalue weighted by molar-refractivity contribution is 5.73. The van der Waals surface area contributed by atoms with E-state index in [1.165, 1.54) is 12.8 Å². The average molecular weight is 155 g/mol. The van der Waals surface area contributed by atoms with Crippen molar-refractivity contribution in [3.05, 3.63) is 0 Å². The van der Waals surface area contributed by atoms with E-state index in [0.717, 1.165) is 19.5 Å². The molecule has 2 aliphatic rings. The Bertz CT molecular complexity index is 181. The maximum Gasteiger partial charge on any atom is 0.320 e. The van der Waals surface area contributed by atoms with Crippen LogP contribution >= 0.6 is 0 Å². The monoisotopic (exact) mass is 155 g/mol. The van der Waals surface area contributed by atoms with E-state index in [0.29, 0.717) is 5.92 Å². The summed E-state index contributed by atoms with van der Waals surface area (Å²) in [6.07, 6.45) is 3.31. The number of carboxylic acids is 1. The molecule has 0 aromatic heterocycles. The summed E-state index contributed by atoms with van der Waals surface area (Å²) in [5.41, 5.74) is 0. The molecule has 2 heterocycles. The van der Waals surface area contributed by atoms with Crippen LogP contribution in [0.5, 0.6) is 0 Å². The molecule has 11 heavy (non-hydrogen) atoms. The highest BCUT2D eigenvalue weighted by Crippen LogP contribution is 2.31. The van der Waals surface area contributed by atoms with Gasteiger partial charge in [-0.3, -0.25) is 9.69 Å².